The van der Waals surface area contributed by atoms with E-state index in [0.29, 0.717) is 11.4 Å². The lowest BCUT2D eigenvalue weighted by Crippen LogP contribution is -2.25. The number of nitrogens with one attached hydrogen (secondary N) is 2. The normalized spacial score (nSPS) is 12.9. The van der Waals surface area contributed by atoms with Crippen molar-refractivity contribution >= 4 is 23.2 Å². The number of carbonyl (C=O) groups is 2. The Kier molecular flexibility index (Phi) is 4.02. The van der Waals surface area contributed by atoms with Crippen molar-refractivity contribution < 1.29 is 14.3 Å². The van der Waals surface area contributed by atoms with Crippen LogP contribution in [0.5, 0.6) is 5.75 Å². The first-order valence-electron chi connectivity index (χ1n) is 7.44. The lowest BCUT2D eigenvalue weighted by molar-refractivity contribution is -0.118. The maximum atomic E-state index is 12.2. The Bertz CT molecular complexity index is 784. The second-order valence-corrected chi connectivity index (χ2v) is 5.71. The van der Waals surface area contributed by atoms with Crippen molar-refractivity contribution in [3.8, 4) is 5.75 Å². The number of carbonyl (C=O) groups excluding carboxylic acids is 2. The van der Waals surface area contributed by atoms with E-state index in [1.807, 2.05) is 38.1 Å². The minimum atomic E-state index is -0.186. The number of rotatable bonds is 3. The monoisotopic (exact) mass is 310 g/mol. The highest BCUT2D eigenvalue weighted by atomic mass is 16.5. The van der Waals surface area contributed by atoms with Crippen molar-refractivity contribution in [2.75, 3.05) is 17.2 Å². The zero-order valence-corrected chi connectivity index (χ0v) is 13.1. The van der Waals surface area contributed by atoms with E-state index in [1.165, 1.54) is 0 Å². The first-order valence-corrected chi connectivity index (χ1v) is 7.44. The van der Waals surface area contributed by atoms with Crippen LogP contribution in [-0.2, 0) is 16.0 Å². The molecule has 2 aromatic rings. The second kappa shape index (κ2) is 6.12. The summed E-state index contributed by atoms with van der Waals surface area (Å²) in [6.45, 7) is 4.01. The van der Waals surface area contributed by atoms with Gasteiger partial charge in [0.15, 0.2) is 6.61 Å². The van der Waals surface area contributed by atoms with Crippen molar-refractivity contribution in [3.63, 3.8) is 0 Å². The van der Waals surface area contributed by atoms with Crippen molar-refractivity contribution in [2.45, 2.75) is 20.3 Å². The molecule has 0 atom stereocenters. The van der Waals surface area contributed by atoms with Gasteiger partial charge in [-0.2, -0.15) is 0 Å². The standard InChI is InChI=1S/C18H18N2O3/c1-11-3-5-14(12(2)7-11)19-17(21)9-13-4-6-16-15(8-13)20-18(22)10-23-16/h3-8H,9-10H2,1-2H3,(H,19,21)(H,20,22). The van der Waals surface area contributed by atoms with E-state index in [1.54, 1.807) is 12.1 Å². The molecule has 5 nitrogen and oxygen atoms in total. The molecule has 0 radical (unpaired) electrons. The molecule has 0 unspecified atom stereocenters. The Balaban J connectivity index is 1.70. The van der Waals surface area contributed by atoms with Gasteiger partial charge in [-0.3, -0.25) is 9.59 Å². The molecule has 0 fully saturated rings. The largest absolute Gasteiger partial charge is 0.482 e. The molecule has 0 saturated carbocycles. The second-order valence-electron chi connectivity index (χ2n) is 5.71. The quantitative estimate of drug-likeness (QED) is 0.916. The van der Waals surface area contributed by atoms with Crippen LogP contribution in [0.15, 0.2) is 36.4 Å². The third kappa shape index (κ3) is 3.51. The molecular formula is C18H18N2O3. The Morgan fingerprint density at radius 2 is 2.04 bits per heavy atom. The van der Waals surface area contributed by atoms with Gasteiger partial charge in [0, 0.05) is 5.69 Å². The summed E-state index contributed by atoms with van der Waals surface area (Å²) in [5.74, 6) is 0.345. The van der Waals surface area contributed by atoms with Gasteiger partial charge in [-0.05, 0) is 43.2 Å². The number of ether oxygens (including phenoxy) is 1. The maximum absolute atomic E-state index is 12.2. The first kappa shape index (κ1) is 15.1. The van der Waals surface area contributed by atoms with Crippen LogP contribution in [0.4, 0.5) is 11.4 Å². The van der Waals surface area contributed by atoms with E-state index >= 15 is 0 Å². The SMILES string of the molecule is Cc1ccc(NC(=O)Cc2ccc3c(c2)NC(=O)CO3)c(C)c1. The predicted molar refractivity (Wildman–Crippen MR) is 88.8 cm³/mol. The van der Waals surface area contributed by atoms with Crippen LogP contribution >= 0.6 is 0 Å². The van der Waals surface area contributed by atoms with E-state index in [9.17, 15) is 9.59 Å². The van der Waals surface area contributed by atoms with Crippen LogP contribution in [-0.4, -0.2) is 18.4 Å². The van der Waals surface area contributed by atoms with Gasteiger partial charge in [-0.1, -0.05) is 23.8 Å². The highest BCUT2D eigenvalue weighted by Gasteiger charge is 2.16. The minimum Gasteiger partial charge on any atom is -0.482 e. The Morgan fingerprint density at radius 1 is 1.22 bits per heavy atom. The van der Waals surface area contributed by atoms with Crippen LogP contribution in [0, 0.1) is 13.8 Å². The van der Waals surface area contributed by atoms with Crippen molar-refractivity contribution in [1.29, 1.82) is 0 Å². The van der Waals surface area contributed by atoms with Crippen LogP contribution < -0.4 is 15.4 Å². The number of amides is 2. The molecule has 2 amide bonds. The summed E-state index contributed by atoms with van der Waals surface area (Å²) >= 11 is 0. The fraction of sp³-hybridized carbons (Fsp3) is 0.222. The molecule has 0 spiro atoms. The van der Waals surface area contributed by atoms with Crippen LogP contribution in [0.3, 0.4) is 0 Å². The van der Waals surface area contributed by atoms with Crippen molar-refractivity contribution in [2.24, 2.45) is 0 Å². The molecule has 118 valence electrons. The summed E-state index contributed by atoms with van der Waals surface area (Å²) in [6, 6.07) is 11.3. The molecule has 1 aliphatic heterocycles. The third-order valence-corrected chi connectivity index (χ3v) is 3.70. The molecule has 5 heteroatoms. The number of hydrogen-bond acceptors (Lipinski definition) is 3. The maximum Gasteiger partial charge on any atom is 0.262 e. The highest BCUT2D eigenvalue weighted by Crippen LogP contribution is 2.28. The Hall–Kier alpha value is -2.82. The molecule has 2 aromatic carbocycles. The van der Waals surface area contributed by atoms with E-state index in [0.717, 1.165) is 22.4 Å². The average Bonchev–Trinajstić information content (AvgIpc) is 2.49. The zero-order chi connectivity index (χ0) is 16.4. The summed E-state index contributed by atoms with van der Waals surface area (Å²) in [5, 5.41) is 5.66. The molecule has 23 heavy (non-hydrogen) atoms. The summed E-state index contributed by atoms with van der Waals surface area (Å²) in [4.78, 5) is 23.6. The number of fused-ring (bicyclic) bond motifs is 1. The fourth-order valence-corrected chi connectivity index (χ4v) is 2.57. The minimum absolute atomic E-state index is 0.0273. The molecule has 1 aliphatic rings. The summed E-state index contributed by atoms with van der Waals surface area (Å²) < 4.78 is 5.31. The van der Waals surface area contributed by atoms with Gasteiger partial charge in [-0.25, -0.2) is 0 Å². The predicted octanol–water partition coefficient (Wildman–Crippen LogP) is 2.82. The Labute approximate surface area is 134 Å². The van der Waals surface area contributed by atoms with Crippen molar-refractivity contribution in [3.05, 3.63) is 53.1 Å². The molecule has 1 heterocycles. The van der Waals surface area contributed by atoms with Gasteiger partial charge >= 0.3 is 0 Å². The molecule has 0 aliphatic carbocycles. The zero-order valence-electron chi connectivity index (χ0n) is 13.1. The number of aryl methyl sites for hydroxylation is 2. The van der Waals surface area contributed by atoms with E-state index in [-0.39, 0.29) is 24.8 Å². The van der Waals surface area contributed by atoms with Gasteiger partial charge in [0.25, 0.3) is 5.91 Å². The Morgan fingerprint density at radius 3 is 2.83 bits per heavy atom. The van der Waals surface area contributed by atoms with Gasteiger partial charge in [0.05, 0.1) is 12.1 Å². The molecule has 0 bridgehead atoms. The summed E-state index contributed by atoms with van der Waals surface area (Å²) in [6.07, 6.45) is 0.233. The summed E-state index contributed by atoms with van der Waals surface area (Å²) in [7, 11) is 0. The number of anilines is 2. The lowest BCUT2D eigenvalue weighted by atomic mass is 10.1. The van der Waals surface area contributed by atoms with Gasteiger partial charge in [0.2, 0.25) is 5.91 Å². The van der Waals surface area contributed by atoms with Crippen LogP contribution in [0.1, 0.15) is 16.7 Å². The van der Waals surface area contributed by atoms with Gasteiger partial charge in [0.1, 0.15) is 5.75 Å². The molecule has 3 rings (SSSR count). The molecule has 0 saturated heterocycles. The topological polar surface area (TPSA) is 67.4 Å². The van der Waals surface area contributed by atoms with E-state index < -0.39 is 0 Å². The smallest absolute Gasteiger partial charge is 0.262 e. The van der Waals surface area contributed by atoms with Crippen LogP contribution in [0.2, 0.25) is 0 Å². The van der Waals surface area contributed by atoms with E-state index in [2.05, 4.69) is 10.6 Å². The van der Waals surface area contributed by atoms with Gasteiger partial charge in [-0.15, -0.1) is 0 Å². The van der Waals surface area contributed by atoms with E-state index in [4.69, 9.17) is 4.74 Å². The number of hydrogen-bond donors (Lipinski definition) is 2. The molecule has 0 aromatic heterocycles. The first-order chi connectivity index (χ1) is 11.0. The number of benzene rings is 2. The van der Waals surface area contributed by atoms with Crippen LogP contribution in [0.25, 0.3) is 0 Å². The third-order valence-electron chi connectivity index (χ3n) is 3.70. The fourth-order valence-electron chi connectivity index (χ4n) is 2.57. The highest BCUT2D eigenvalue weighted by molar-refractivity contribution is 5.96. The summed E-state index contributed by atoms with van der Waals surface area (Å²) in [5.41, 5.74) is 4.43. The molecular weight excluding hydrogens is 292 g/mol. The lowest BCUT2D eigenvalue weighted by Gasteiger charge is -2.18. The average molecular weight is 310 g/mol. The molecule has 2 N–H and O–H groups in total. The van der Waals surface area contributed by atoms with Gasteiger partial charge < -0.3 is 15.4 Å². The van der Waals surface area contributed by atoms with Crippen molar-refractivity contribution in [1.82, 2.24) is 0 Å².